The van der Waals surface area contributed by atoms with Crippen molar-refractivity contribution in [2.75, 3.05) is 27.2 Å². The number of likely N-dealkylation sites (tertiary alicyclic amines) is 2. The van der Waals surface area contributed by atoms with Crippen LogP contribution in [0.15, 0.2) is 85.2 Å². The summed E-state index contributed by atoms with van der Waals surface area (Å²) in [5, 5.41) is 0.592. The maximum atomic E-state index is 13.9. The van der Waals surface area contributed by atoms with Crippen molar-refractivity contribution in [3.8, 4) is 33.6 Å². The van der Waals surface area contributed by atoms with Gasteiger partial charge < -0.3 is 19.8 Å². The fraction of sp³-hybridized carbons (Fsp3) is 0.297. The summed E-state index contributed by atoms with van der Waals surface area (Å²) in [5.41, 5.74) is 6.98. The molecule has 0 aliphatic carbocycles. The molecule has 0 spiro atoms. The second kappa shape index (κ2) is 13.2. The van der Waals surface area contributed by atoms with Crippen molar-refractivity contribution < 1.29 is 9.59 Å². The van der Waals surface area contributed by atoms with E-state index in [2.05, 4.69) is 63.5 Å². The van der Waals surface area contributed by atoms with Crippen LogP contribution in [0.4, 0.5) is 0 Å². The number of carbonyl (C=O) groups is 2. The lowest BCUT2D eigenvalue weighted by Gasteiger charge is -2.32. The van der Waals surface area contributed by atoms with Crippen LogP contribution in [-0.2, 0) is 9.59 Å². The van der Waals surface area contributed by atoms with E-state index < -0.39 is 6.04 Å². The molecule has 10 heteroatoms. The second-order valence-corrected chi connectivity index (χ2v) is 13.0. The van der Waals surface area contributed by atoms with Crippen molar-refractivity contribution in [2.45, 2.75) is 43.8 Å². The van der Waals surface area contributed by atoms with Crippen molar-refractivity contribution in [3.05, 3.63) is 107 Å². The molecule has 2 aromatic heterocycles. The Morgan fingerprint density at radius 1 is 0.809 bits per heavy atom. The summed E-state index contributed by atoms with van der Waals surface area (Å²) in [5.74, 6) is 1.68. The largest absolute Gasteiger partial charge is 0.340 e. The molecule has 2 aliphatic rings. The zero-order valence-corrected chi connectivity index (χ0v) is 27.3. The number of likely N-dealkylation sites (N-methyl/N-ethyl adjacent to an activating group) is 1. The van der Waals surface area contributed by atoms with Gasteiger partial charge in [-0.05, 0) is 73.7 Å². The molecule has 2 N–H and O–H groups in total. The number of hydrogen-bond acceptors (Lipinski definition) is 5. The Morgan fingerprint density at radius 2 is 1.34 bits per heavy atom. The molecule has 5 aromatic rings. The maximum Gasteiger partial charge on any atom is 0.245 e. The van der Waals surface area contributed by atoms with E-state index in [4.69, 9.17) is 16.6 Å². The minimum Gasteiger partial charge on any atom is -0.340 e. The van der Waals surface area contributed by atoms with E-state index in [0.29, 0.717) is 11.6 Å². The summed E-state index contributed by atoms with van der Waals surface area (Å²) < 4.78 is 0. The molecule has 2 fully saturated rings. The molecule has 2 aliphatic heterocycles. The summed E-state index contributed by atoms with van der Waals surface area (Å²) in [7, 11) is 3.83. The molecule has 2 saturated heterocycles. The van der Waals surface area contributed by atoms with Crippen LogP contribution in [0.2, 0.25) is 5.02 Å². The first-order valence-electron chi connectivity index (χ1n) is 16.1. The van der Waals surface area contributed by atoms with Crippen LogP contribution in [0.3, 0.4) is 0 Å². The Labute approximate surface area is 279 Å². The summed E-state index contributed by atoms with van der Waals surface area (Å²) >= 11 is 6.52. The van der Waals surface area contributed by atoms with Gasteiger partial charge in [-0.2, -0.15) is 0 Å². The van der Waals surface area contributed by atoms with Gasteiger partial charge in [0, 0.05) is 18.1 Å². The van der Waals surface area contributed by atoms with E-state index in [9.17, 15) is 9.59 Å². The van der Waals surface area contributed by atoms with Gasteiger partial charge in [-0.3, -0.25) is 14.5 Å². The molecule has 240 valence electrons. The average Bonchev–Trinajstić information content (AvgIpc) is 3.92. The summed E-state index contributed by atoms with van der Waals surface area (Å²) in [6.07, 6.45) is 8.33. The predicted octanol–water partition coefficient (Wildman–Crippen LogP) is 7.05. The number of halogens is 1. The first-order chi connectivity index (χ1) is 22.9. The van der Waals surface area contributed by atoms with Crippen LogP contribution in [0.5, 0.6) is 0 Å². The van der Waals surface area contributed by atoms with Crippen molar-refractivity contribution in [1.29, 1.82) is 0 Å². The Balaban J connectivity index is 1.04. The van der Waals surface area contributed by atoms with Crippen LogP contribution >= 0.6 is 11.6 Å². The molecule has 0 radical (unpaired) electrons. The summed E-state index contributed by atoms with van der Waals surface area (Å²) in [4.78, 5) is 47.2. The number of nitrogens with one attached hydrogen (secondary N) is 2. The molecular weight excluding hydrogens is 610 g/mol. The van der Waals surface area contributed by atoms with Crippen LogP contribution in [-0.4, -0.2) is 74.1 Å². The highest BCUT2D eigenvalue weighted by Gasteiger charge is 2.37. The normalized spacial score (nSPS) is 18.6. The van der Waals surface area contributed by atoms with Crippen LogP contribution in [0.25, 0.3) is 33.6 Å². The SMILES string of the molecule is CN(C)C(C(=O)N1CCC[C@H]1c1ncc(-c2ccc(-c3ccc(-c4cnc([C@@H]5CCCN5C=O)[nH]4)cc3)cc2)[nH]1)c1ccccc1Cl. The molecule has 2 amide bonds. The molecule has 3 aromatic carbocycles. The topological polar surface area (TPSA) is 101 Å². The lowest BCUT2D eigenvalue weighted by molar-refractivity contribution is -0.137. The average molecular weight is 648 g/mol. The van der Waals surface area contributed by atoms with Crippen LogP contribution < -0.4 is 0 Å². The molecule has 4 heterocycles. The monoisotopic (exact) mass is 647 g/mol. The van der Waals surface area contributed by atoms with E-state index >= 15 is 0 Å². The number of H-pyrrole nitrogens is 2. The van der Waals surface area contributed by atoms with Gasteiger partial charge >= 0.3 is 0 Å². The number of hydrogen-bond donors (Lipinski definition) is 2. The highest BCUT2D eigenvalue weighted by molar-refractivity contribution is 6.31. The third kappa shape index (κ3) is 6.08. The van der Waals surface area contributed by atoms with Crippen LogP contribution in [0, 0.1) is 0 Å². The number of carbonyl (C=O) groups excluding carboxylic acids is 2. The third-order valence-electron chi connectivity index (χ3n) is 9.46. The molecular formula is C37H38ClN7O2. The standard InChI is InChI=1S/C37H38ClN7O2/c1-43(2)34(28-7-3-4-8-29(28)38)37(47)45-20-6-10-33(45)36-40-22-31(42-36)27-17-13-25(14-18-27)24-11-15-26(16-12-24)30-21-39-35(41-30)32-9-5-19-44(32)23-46/h3-4,7-8,11-18,21-23,32-34H,5-6,9-10,19-20H2,1-2H3,(H,39,41)(H,40,42)/t32-,33-,34?/m0/s1. The number of aromatic amines is 2. The summed E-state index contributed by atoms with van der Waals surface area (Å²) in [6, 6.07) is 23.8. The number of nitrogens with zero attached hydrogens (tertiary/aromatic N) is 5. The maximum absolute atomic E-state index is 13.9. The fourth-order valence-electron chi connectivity index (χ4n) is 7.00. The van der Waals surface area contributed by atoms with E-state index in [0.717, 1.165) is 89.5 Å². The zero-order chi connectivity index (χ0) is 32.5. The van der Waals surface area contributed by atoms with Gasteiger partial charge in [0.2, 0.25) is 12.3 Å². The first kappa shape index (κ1) is 30.9. The van der Waals surface area contributed by atoms with Gasteiger partial charge in [0.25, 0.3) is 0 Å². The highest BCUT2D eigenvalue weighted by Crippen LogP contribution is 2.37. The Bertz CT molecular complexity index is 1860. The van der Waals surface area contributed by atoms with Crippen molar-refractivity contribution in [3.63, 3.8) is 0 Å². The second-order valence-electron chi connectivity index (χ2n) is 12.6. The van der Waals surface area contributed by atoms with Gasteiger partial charge in [0.15, 0.2) is 0 Å². The van der Waals surface area contributed by atoms with Gasteiger partial charge in [0.1, 0.15) is 17.7 Å². The molecule has 9 nitrogen and oxygen atoms in total. The molecule has 7 rings (SSSR count). The van der Waals surface area contributed by atoms with Crippen molar-refractivity contribution in [2.24, 2.45) is 0 Å². The van der Waals surface area contributed by atoms with Gasteiger partial charge in [0.05, 0.1) is 35.9 Å². The minimum absolute atomic E-state index is 0.0271. The number of rotatable bonds is 9. The lowest BCUT2D eigenvalue weighted by atomic mass is 10.0. The van der Waals surface area contributed by atoms with Crippen LogP contribution in [0.1, 0.15) is 61.0 Å². The molecule has 1 unspecified atom stereocenters. The number of imidazole rings is 2. The highest BCUT2D eigenvalue weighted by atomic mass is 35.5. The zero-order valence-electron chi connectivity index (χ0n) is 26.6. The van der Waals surface area contributed by atoms with E-state index in [1.54, 1.807) is 0 Å². The smallest absolute Gasteiger partial charge is 0.245 e. The molecule has 3 atom stereocenters. The van der Waals surface area contributed by atoms with Gasteiger partial charge in [-0.1, -0.05) is 78.3 Å². The quantitative estimate of drug-likeness (QED) is 0.167. The first-order valence-corrected chi connectivity index (χ1v) is 16.5. The van der Waals surface area contributed by atoms with Gasteiger partial charge in [-0.25, -0.2) is 9.97 Å². The van der Waals surface area contributed by atoms with Crippen molar-refractivity contribution in [1.82, 2.24) is 34.6 Å². The number of aromatic nitrogens is 4. The van der Waals surface area contributed by atoms with Crippen molar-refractivity contribution >= 4 is 23.9 Å². The van der Waals surface area contributed by atoms with E-state index in [1.807, 2.05) is 65.5 Å². The number of benzene rings is 3. The fourth-order valence-corrected chi connectivity index (χ4v) is 7.24. The Kier molecular flexibility index (Phi) is 8.66. The minimum atomic E-state index is -0.469. The van der Waals surface area contributed by atoms with E-state index in [-0.39, 0.29) is 18.0 Å². The third-order valence-corrected chi connectivity index (χ3v) is 9.81. The predicted molar refractivity (Wildman–Crippen MR) is 183 cm³/mol. The molecule has 47 heavy (non-hydrogen) atoms. The van der Waals surface area contributed by atoms with Gasteiger partial charge in [-0.15, -0.1) is 0 Å². The number of amides is 2. The summed E-state index contributed by atoms with van der Waals surface area (Å²) in [6.45, 7) is 1.46. The molecule has 0 bridgehead atoms. The lowest BCUT2D eigenvalue weighted by Crippen LogP contribution is -2.40. The Morgan fingerprint density at radius 3 is 1.91 bits per heavy atom. The Hall–Kier alpha value is -4.73. The van der Waals surface area contributed by atoms with E-state index in [1.165, 1.54) is 0 Å². The molecule has 0 saturated carbocycles.